The van der Waals surface area contributed by atoms with Crippen molar-refractivity contribution in [3.63, 3.8) is 0 Å². The number of carbonyl (C=O) groups is 2. The molecule has 3 aliphatic carbocycles. The smallest absolute Gasteiger partial charge is 0.251 e. The van der Waals surface area contributed by atoms with Gasteiger partial charge in [0.1, 0.15) is 0 Å². The van der Waals surface area contributed by atoms with Gasteiger partial charge in [0.05, 0.1) is 0 Å². The van der Waals surface area contributed by atoms with Gasteiger partial charge >= 0.3 is 0 Å². The number of fused-ring (bicyclic) bond motifs is 5. The van der Waals surface area contributed by atoms with Gasteiger partial charge in [0.2, 0.25) is 5.91 Å². The summed E-state index contributed by atoms with van der Waals surface area (Å²) in [6.07, 6.45) is 8.91. The molecular weight excluding hydrogens is 372 g/mol. The summed E-state index contributed by atoms with van der Waals surface area (Å²) in [5, 5.41) is 3.42. The molecular formula is C26H36N2O2. The standard InChI is InChI=1S/C26H36N2O2/c1-25-15-13-20-18(9-12-22-26(20,2)16-14-23(29)28(22)3)19(25)10-11-21(25)27-24(30)17-7-5-4-6-8-17/h4-8,18-22H,9-16H2,1-3H3,(H,27,30)/t18-,19-,20-,21?,22+,25-,26+/m0/s1. The number of rotatable bonds is 2. The second-order valence-electron chi connectivity index (χ2n) is 11.0. The van der Waals surface area contributed by atoms with Crippen LogP contribution in [0.3, 0.4) is 0 Å². The number of carbonyl (C=O) groups excluding carboxylic acids is 2. The molecule has 0 spiro atoms. The van der Waals surface area contributed by atoms with E-state index in [1.54, 1.807) is 0 Å². The molecule has 1 aromatic carbocycles. The predicted octanol–water partition coefficient (Wildman–Crippen LogP) is 4.65. The first-order valence-corrected chi connectivity index (χ1v) is 12.0. The van der Waals surface area contributed by atoms with E-state index in [4.69, 9.17) is 0 Å². The van der Waals surface area contributed by atoms with Crippen LogP contribution in [0.5, 0.6) is 0 Å². The topological polar surface area (TPSA) is 49.4 Å². The van der Waals surface area contributed by atoms with E-state index in [0.717, 1.165) is 30.7 Å². The van der Waals surface area contributed by atoms with Crippen LogP contribution in [0.25, 0.3) is 0 Å². The van der Waals surface area contributed by atoms with Crippen LogP contribution >= 0.6 is 0 Å². The zero-order chi connectivity index (χ0) is 21.1. The minimum absolute atomic E-state index is 0.0766. The minimum atomic E-state index is 0.0766. The normalized spacial score (nSPS) is 42.8. The molecule has 1 aliphatic heterocycles. The van der Waals surface area contributed by atoms with Gasteiger partial charge in [-0.25, -0.2) is 0 Å². The Hall–Kier alpha value is -1.84. The average molecular weight is 409 g/mol. The molecule has 1 unspecified atom stereocenters. The summed E-state index contributed by atoms with van der Waals surface area (Å²) in [6.45, 7) is 4.92. The Morgan fingerprint density at radius 3 is 2.47 bits per heavy atom. The van der Waals surface area contributed by atoms with Crippen molar-refractivity contribution in [2.24, 2.45) is 28.6 Å². The average Bonchev–Trinajstić information content (AvgIpc) is 3.08. The van der Waals surface area contributed by atoms with Crippen LogP contribution in [0.1, 0.15) is 75.6 Å². The summed E-state index contributed by atoms with van der Waals surface area (Å²) in [5.41, 5.74) is 1.23. The van der Waals surface area contributed by atoms with Crippen molar-refractivity contribution in [3.8, 4) is 0 Å². The summed E-state index contributed by atoms with van der Waals surface area (Å²) in [4.78, 5) is 27.3. The van der Waals surface area contributed by atoms with Gasteiger partial charge in [-0.1, -0.05) is 32.0 Å². The van der Waals surface area contributed by atoms with Crippen LogP contribution in [0.15, 0.2) is 30.3 Å². The number of hydrogen-bond donors (Lipinski definition) is 1. The number of nitrogens with one attached hydrogen (secondary N) is 1. The second kappa shape index (κ2) is 7.10. The molecule has 7 atom stereocenters. The van der Waals surface area contributed by atoms with Crippen LogP contribution in [-0.2, 0) is 4.79 Å². The van der Waals surface area contributed by atoms with E-state index < -0.39 is 0 Å². The van der Waals surface area contributed by atoms with Gasteiger partial charge < -0.3 is 10.2 Å². The lowest BCUT2D eigenvalue weighted by Gasteiger charge is -2.61. The van der Waals surface area contributed by atoms with E-state index in [9.17, 15) is 9.59 Å². The number of benzene rings is 1. The number of nitrogens with zero attached hydrogens (tertiary/aromatic N) is 1. The van der Waals surface area contributed by atoms with Gasteiger partial charge in [0, 0.05) is 31.1 Å². The lowest BCUT2D eigenvalue weighted by atomic mass is 9.47. The molecule has 0 radical (unpaired) electrons. The summed E-state index contributed by atoms with van der Waals surface area (Å²) >= 11 is 0. The zero-order valence-electron chi connectivity index (χ0n) is 18.7. The number of amides is 2. The highest BCUT2D eigenvalue weighted by atomic mass is 16.2. The fourth-order valence-electron chi connectivity index (χ4n) is 8.22. The molecule has 0 aromatic heterocycles. The van der Waals surface area contributed by atoms with E-state index in [-0.39, 0.29) is 22.8 Å². The van der Waals surface area contributed by atoms with Crippen molar-refractivity contribution in [2.45, 2.75) is 77.3 Å². The quantitative estimate of drug-likeness (QED) is 0.774. The van der Waals surface area contributed by atoms with Crippen LogP contribution in [-0.4, -0.2) is 35.8 Å². The molecule has 1 saturated heterocycles. The summed E-state index contributed by atoms with van der Waals surface area (Å²) in [5.74, 6) is 2.56. The molecule has 1 aromatic rings. The van der Waals surface area contributed by atoms with Gasteiger partial charge in [-0.15, -0.1) is 0 Å². The zero-order valence-corrected chi connectivity index (χ0v) is 18.7. The largest absolute Gasteiger partial charge is 0.349 e. The van der Waals surface area contributed by atoms with E-state index in [0.29, 0.717) is 30.2 Å². The molecule has 162 valence electrons. The Bertz CT molecular complexity index is 839. The van der Waals surface area contributed by atoms with Crippen LogP contribution < -0.4 is 5.32 Å². The number of piperidine rings is 1. The molecule has 4 fully saturated rings. The first-order chi connectivity index (χ1) is 14.3. The maximum absolute atomic E-state index is 12.9. The predicted molar refractivity (Wildman–Crippen MR) is 118 cm³/mol. The summed E-state index contributed by atoms with van der Waals surface area (Å²) in [6, 6.07) is 10.3. The molecule has 30 heavy (non-hydrogen) atoms. The Morgan fingerprint density at radius 1 is 0.967 bits per heavy atom. The van der Waals surface area contributed by atoms with Crippen molar-refractivity contribution >= 4 is 11.8 Å². The van der Waals surface area contributed by atoms with Gasteiger partial charge in [0.25, 0.3) is 5.91 Å². The van der Waals surface area contributed by atoms with Crippen molar-refractivity contribution in [3.05, 3.63) is 35.9 Å². The van der Waals surface area contributed by atoms with Crippen LogP contribution in [0.4, 0.5) is 0 Å². The lowest BCUT2D eigenvalue weighted by molar-refractivity contribution is -0.157. The molecule has 1 N–H and O–H groups in total. The summed E-state index contributed by atoms with van der Waals surface area (Å²) in [7, 11) is 2.03. The fourth-order valence-corrected chi connectivity index (χ4v) is 8.22. The van der Waals surface area contributed by atoms with E-state index in [2.05, 4.69) is 24.1 Å². The Morgan fingerprint density at radius 2 is 1.70 bits per heavy atom. The third-order valence-corrected chi connectivity index (χ3v) is 9.90. The highest BCUT2D eigenvalue weighted by Gasteiger charge is 2.61. The lowest BCUT2D eigenvalue weighted by Crippen LogP contribution is -2.62. The first-order valence-electron chi connectivity index (χ1n) is 12.0. The number of hydrogen-bond acceptors (Lipinski definition) is 2. The van der Waals surface area contributed by atoms with Crippen molar-refractivity contribution < 1.29 is 9.59 Å². The Kier molecular flexibility index (Phi) is 4.75. The van der Waals surface area contributed by atoms with Crippen molar-refractivity contribution in [1.29, 1.82) is 0 Å². The van der Waals surface area contributed by atoms with Crippen molar-refractivity contribution in [1.82, 2.24) is 10.2 Å². The van der Waals surface area contributed by atoms with Gasteiger partial charge in [-0.3, -0.25) is 9.59 Å². The summed E-state index contributed by atoms with van der Waals surface area (Å²) < 4.78 is 0. The monoisotopic (exact) mass is 408 g/mol. The Balaban J connectivity index is 1.35. The molecule has 1 heterocycles. The maximum atomic E-state index is 12.9. The molecule has 5 rings (SSSR count). The van der Waals surface area contributed by atoms with Gasteiger partial charge in [-0.05, 0) is 85.7 Å². The molecule has 4 nitrogen and oxygen atoms in total. The molecule has 2 amide bonds. The fraction of sp³-hybridized carbons (Fsp3) is 0.692. The first kappa shape index (κ1) is 20.1. The SMILES string of the molecule is CN1C(=O)CC[C@]2(C)[C@H]3CC[C@]4(C)C(NC(=O)c5ccccc5)CC[C@H]4[C@@H]3CC[C@@H]12. The molecule has 3 saturated carbocycles. The third kappa shape index (κ3) is 2.85. The molecule has 4 aliphatic rings. The van der Waals surface area contributed by atoms with Crippen molar-refractivity contribution in [2.75, 3.05) is 7.05 Å². The van der Waals surface area contributed by atoms with Crippen LogP contribution in [0.2, 0.25) is 0 Å². The number of likely N-dealkylation sites (tertiary alicyclic amines) is 1. The van der Waals surface area contributed by atoms with Gasteiger partial charge in [-0.2, -0.15) is 0 Å². The molecule has 4 heteroatoms. The van der Waals surface area contributed by atoms with E-state index in [1.807, 2.05) is 37.4 Å². The van der Waals surface area contributed by atoms with Crippen LogP contribution in [0, 0.1) is 28.6 Å². The maximum Gasteiger partial charge on any atom is 0.251 e. The van der Waals surface area contributed by atoms with E-state index >= 15 is 0 Å². The minimum Gasteiger partial charge on any atom is -0.349 e. The van der Waals surface area contributed by atoms with E-state index in [1.165, 1.54) is 25.7 Å². The highest BCUT2D eigenvalue weighted by molar-refractivity contribution is 5.94. The Labute approximate surface area is 180 Å². The third-order valence-electron chi connectivity index (χ3n) is 9.90. The molecule has 0 bridgehead atoms. The highest BCUT2D eigenvalue weighted by Crippen LogP contribution is 2.64. The second-order valence-corrected chi connectivity index (χ2v) is 11.0. The van der Waals surface area contributed by atoms with Gasteiger partial charge in [0.15, 0.2) is 0 Å².